The fraction of sp³-hybridized carbons (Fsp3) is 0.273. The van der Waals surface area contributed by atoms with Gasteiger partial charge >= 0.3 is 0 Å². The van der Waals surface area contributed by atoms with Gasteiger partial charge < -0.3 is 9.64 Å². The van der Waals surface area contributed by atoms with Crippen molar-refractivity contribution >= 4 is 17.0 Å². The Morgan fingerprint density at radius 2 is 1.52 bits per heavy atom. The van der Waals surface area contributed by atoms with Gasteiger partial charge in [0.2, 0.25) is 0 Å². The standard InChI is InChI=1S/C22H23NO.BrH/c1-3-7-18(8-4-1)14-23-15-21(20-11-12-20)13-22(16-23)24-17-19-9-5-2-6-10-19;/h1-10,13,15,20H,11-12,14,16-17H2;1H. The monoisotopic (exact) mass is 397 g/mol. The molecule has 0 N–H and O–H groups in total. The van der Waals surface area contributed by atoms with Crippen LogP contribution in [0.4, 0.5) is 0 Å². The third kappa shape index (κ3) is 4.99. The molecule has 0 radical (unpaired) electrons. The van der Waals surface area contributed by atoms with Crippen LogP contribution in [-0.2, 0) is 17.9 Å². The average Bonchev–Trinajstić information content (AvgIpc) is 3.47. The van der Waals surface area contributed by atoms with Crippen LogP contribution in [0, 0.1) is 5.92 Å². The number of halogens is 1. The number of hydrogen-bond donors (Lipinski definition) is 0. The van der Waals surface area contributed by atoms with Crippen LogP contribution in [0.25, 0.3) is 0 Å². The Labute approximate surface area is 160 Å². The molecule has 25 heavy (non-hydrogen) atoms. The van der Waals surface area contributed by atoms with Crippen molar-refractivity contribution in [3.63, 3.8) is 0 Å². The first-order chi connectivity index (χ1) is 11.9. The maximum atomic E-state index is 6.12. The van der Waals surface area contributed by atoms with Gasteiger partial charge in [0.25, 0.3) is 0 Å². The predicted octanol–water partition coefficient (Wildman–Crippen LogP) is 5.47. The van der Waals surface area contributed by atoms with Crippen molar-refractivity contribution in [2.24, 2.45) is 5.92 Å². The molecule has 1 saturated carbocycles. The van der Waals surface area contributed by atoms with Crippen molar-refractivity contribution in [1.82, 2.24) is 4.90 Å². The van der Waals surface area contributed by atoms with Gasteiger partial charge in [0.05, 0.1) is 6.54 Å². The summed E-state index contributed by atoms with van der Waals surface area (Å²) >= 11 is 0. The quantitative estimate of drug-likeness (QED) is 0.640. The Bertz CT molecular complexity index is 735. The minimum Gasteiger partial charge on any atom is -0.491 e. The van der Waals surface area contributed by atoms with Gasteiger partial charge in [0.15, 0.2) is 0 Å². The smallest absolute Gasteiger partial charge is 0.116 e. The first-order valence-electron chi connectivity index (χ1n) is 8.74. The Balaban J connectivity index is 0.00000182. The van der Waals surface area contributed by atoms with Crippen LogP contribution < -0.4 is 0 Å². The zero-order chi connectivity index (χ0) is 16.2. The van der Waals surface area contributed by atoms with Crippen LogP contribution in [-0.4, -0.2) is 11.4 Å². The summed E-state index contributed by atoms with van der Waals surface area (Å²) in [5.41, 5.74) is 3.99. The number of rotatable bonds is 6. The van der Waals surface area contributed by atoms with E-state index in [9.17, 15) is 0 Å². The van der Waals surface area contributed by atoms with Crippen LogP contribution in [0.15, 0.2) is 84.3 Å². The summed E-state index contributed by atoms with van der Waals surface area (Å²) in [4.78, 5) is 2.38. The Hall–Kier alpha value is -2.00. The highest BCUT2D eigenvalue weighted by Crippen LogP contribution is 2.39. The number of benzene rings is 2. The summed E-state index contributed by atoms with van der Waals surface area (Å²) in [7, 11) is 0. The molecule has 130 valence electrons. The van der Waals surface area contributed by atoms with Crippen molar-refractivity contribution < 1.29 is 4.74 Å². The number of nitrogens with zero attached hydrogens (tertiary/aromatic N) is 1. The van der Waals surface area contributed by atoms with Crippen LogP contribution in [0.3, 0.4) is 0 Å². The van der Waals surface area contributed by atoms with Crippen molar-refractivity contribution in [3.05, 3.63) is 95.4 Å². The summed E-state index contributed by atoms with van der Waals surface area (Å²) < 4.78 is 6.12. The molecule has 0 amide bonds. The lowest BCUT2D eigenvalue weighted by molar-refractivity contribution is 0.168. The maximum absolute atomic E-state index is 6.12. The molecule has 0 bridgehead atoms. The normalized spacial score (nSPS) is 16.6. The molecule has 0 saturated heterocycles. The van der Waals surface area contributed by atoms with Gasteiger partial charge in [-0.15, -0.1) is 17.0 Å². The average molecular weight is 398 g/mol. The lowest BCUT2D eigenvalue weighted by Gasteiger charge is -2.27. The minimum absolute atomic E-state index is 0. The minimum atomic E-state index is 0. The van der Waals surface area contributed by atoms with Gasteiger partial charge in [-0.3, -0.25) is 0 Å². The SMILES string of the molecule is Br.C1=C(OCc2ccccc2)CN(Cc2ccccc2)C=C1C1CC1. The molecule has 2 nitrogen and oxygen atoms in total. The van der Waals surface area contributed by atoms with Gasteiger partial charge in [-0.05, 0) is 41.5 Å². The number of allylic oxidation sites excluding steroid dienone is 2. The zero-order valence-electron chi connectivity index (χ0n) is 14.3. The molecule has 0 aromatic heterocycles. The molecular weight excluding hydrogens is 374 g/mol. The van der Waals surface area contributed by atoms with Crippen molar-refractivity contribution in [2.75, 3.05) is 6.54 Å². The lowest BCUT2D eigenvalue weighted by atomic mass is 10.1. The van der Waals surface area contributed by atoms with E-state index in [2.05, 4.69) is 71.8 Å². The summed E-state index contributed by atoms with van der Waals surface area (Å²) in [5, 5.41) is 0. The molecule has 4 rings (SSSR count). The third-order valence-electron chi connectivity index (χ3n) is 4.56. The molecular formula is C22H24BrNO. The lowest BCUT2D eigenvalue weighted by Crippen LogP contribution is -2.24. The second-order valence-electron chi connectivity index (χ2n) is 6.68. The van der Waals surface area contributed by atoms with Gasteiger partial charge in [0.1, 0.15) is 12.4 Å². The molecule has 0 unspecified atom stereocenters. The van der Waals surface area contributed by atoms with E-state index in [0.717, 1.165) is 24.8 Å². The van der Waals surface area contributed by atoms with Crippen LogP contribution in [0.5, 0.6) is 0 Å². The zero-order valence-corrected chi connectivity index (χ0v) is 16.0. The van der Waals surface area contributed by atoms with Gasteiger partial charge in [-0.2, -0.15) is 0 Å². The summed E-state index contributed by atoms with van der Waals surface area (Å²) in [5.74, 6) is 1.82. The topological polar surface area (TPSA) is 12.5 Å². The van der Waals surface area contributed by atoms with Crippen molar-refractivity contribution in [3.8, 4) is 0 Å². The van der Waals surface area contributed by atoms with Crippen molar-refractivity contribution in [1.29, 1.82) is 0 Å². The first kappa shape index (κ1) is 17.8. The van der Waals surface area contributed by atoms with E-state index in [0.29, 0.717) is 6.61 Å². The molecule has 0 atom stereocenters. The Morgan fingerprint density at radius 1 is 0.880 bits per heavy atom. The largest absolute Gasteiger partial charge is 0.491 e. The molecule has 1 aliphatic carbocycles. The molecule has 1 aliphatic heterocycles. The highest BCUT2D eigenvalue weighted by molar-refractivity contribution is 8.93. The van der Waals surface area contributed by atoms with Crippen LogP contribution in [0.2, 0.25) is 0 Å². The second kappa shape index (κ2) is 8.39. The van der Waals surface area contributed by atoms with Crippen LogP contribution >= 0.6 is 17.0 Å². The highest BCUT2D eigenvalue weighted by atomic mass is 79.9. The molecule has 3 heteroatoms. The van der Waals surface area contributed by atoms with E-state index >= 15 is 0 Å². The van der Waals surface area contributed by atoms with E-state index in [4.69, 9.17) is 4.74 Å². The van der Waals surface area contributed by atoms with E-state index in [1.807, 2.05) is 6.07 Å². The molecule has 2 aromatic carbocycles. The first-order valence-corrected chi connectivity index (χ1v) is 8.74. The predicted molar refractivity (Wildman–Crippen MR) is 107 cm³/mol. The second-order valence-corrected chi connectivity index (χ2v) is 6.68. The van der Waals surface area contributed by atoms with E-state index in [1.54, 1.807) is 0 Å². The van der Waals surface area contributed by atoms with Gasteiger partial charge in [0, 0.05) is 12.7 Å². The highest BCUT2D eigenvalue weighted by Gasteiger charge is 2.28. The third-order valence-corrected chi connectivity index (χ3v) is 4.56. The summed E-state index contributed by atoms with van der Waals surface area (Å²) in [6.07, 6.45) is 7.23. The molecule has 2 aliphatic rings. The molecule has 1 heterocycles. The summed E-state index contributed by atoms with van der Waals surface area (Å²) in [6.45, 7) is 2.42. The maximum Gasteiger partial charge on any atom is 0.116 e. The number of hydrogen-bond acceptors (Lipinski definition) is 2. The van der Waals surface area contributed by atoms with E-state index in [-0.39, 0.29) is 17.0 Å². The Morgan fingerprint density at radius 3 is 2.16 bits per heavy atom. The van der Waals surface area contributed by atoms with Crippen molar-refractivity contribution in [2.45, 2.75) is 26.0 Å². The molecule has 1 fully saturated rings. The van der Waals surface area contributed by atoms with Gasteiger partial charge in [-0.25, -0.2) is 0 Å². The van der Waals surface area contributed by atoms with E-state index in [1.165, 1.54) is 29.5 Å². The molecule has 2 aromatic rings. The Kier molecular flexibility index (Phi) is 5.98. The fourth-order valence-corrected chi connectivity index (χ4v) is 3.12. The molecule has 0 spiro atoms. The van der Waals surface area contributed by atoms with E-state index < -0.39 is 0 Å². The fourth-order valence-electron chi connectivity index (χ4n) is 3.12. The van der Waals surface area contributed by atoms with Crippen LogP contribution in [0.1, 0.15) is 24.0 Å². The summed E-state index contributed by atoms with van der Waals surface area (Å²) in [6, 6.07) is 21.0. The number of ether oxygens (including phenoxy) is 1. The van der Waals surface area contributed by atoms with Gasteiger partial charge in [-0.1, -0.05) is 60.7 Å².